The number of carbonyl (C=O) groups excluding carboxylic acids is 1. The monoisotopic (exact) mass is 347 g/mol. The summed E-state index contributed by atoms with van der Waals surface area (Å²) in [5, 5.41) is 2.59. The number of rotatable bonds is 4. The molecule has 0 bridgehead atoms. The molecule has 1 unspecified atom stereocenters. The molecule has 0 spiro atoms. The highest BCUT2D eigenvalue weighted by Gasteiger charge is 2.44. The molecule has 0 aromatic carbocycles. The fourth-order valence-electron chi connectivity index (χ4n) is 2.33. The smallest absolute Gasteiger partial charge is 0.252 e. The molecule has 116 valence electrons. The molecule has 1 aromatic rings. The Bertz CT molecular complexity index is 683. The number of nitrogens with two attached hydrogens (primary N) is 1. The number of amides is 1. The van der Waals surface area contributed by atoms with Gasteiger partial charge in [0.15, 0.2) is 0 Å². The molecule has 1 aliphatic rings. The van der Waals surface area contributed by atoms with Gasteiger partial charge in [-0.05, 0) is 25.5 Å². The van der Waals surface area contributed by atoms with Gasteiger partial charge in [-0.1, -0.05) is 12.2 Å². The summed E-state index contributed by atoms with van der Waals surface area (Å²) in [5.74, 6) is -0.143. The number of thiocarbonyl (C=S) groups is 1. The summed E-state index contributed by atoms with van der Waals surface area (Å²) in [4.78, 5) is 12.6. The fraction of sp³-hybridized carbons (Fsp3) is 0.500. The van der Waals surface area contributed by atoms with E-state index in [0.717, 1.165) is 11.3 Å². The van der Waals surface area contributed by atoms with Crippen LogP contribution in [0.1, 0.15) is 18.2 Å². The molecule has 0 saturated carbocycles. The molecule has 21 heavy (non-hydrogen) atoms. The van der Waals surface area contributed by atoms with Gasteiger partial charge < -0.3 is 11.1 Å². The summed E-state index contributed by atoms with van der Waals surface area (Å²) in [6.45, 7) is 2.28. The van der Waals surface area contributed by atoms with Gasteiger partial charge in [0.1, 0.15) is 9.20 Å². The zero-order valence-electron chi connectivity index (χ0n) is 11.8. The van der Waals surface area contributed by atoms with Gasteiger partial charge >= 0.3 is 0 Å². The summed E-state index contributed by atoms with van der Waals surface area (Å²) < 4.78 is 26.7. The van der Waals surface area contributed by atoms with Gasteiger partial charge in [-0.2, -0.15) is 4.31 Å². The van der Waals surface area contributed by atoms with Crippen molar-refractivity contribution in [2.75, 3.05) is 20.1 Å². The van der Waals surface area contributed by atoms with Crippen LogP contribution in [-0.4, -0.2) is 43.8 Å². The second kappa shape index (κ2) is 5.64. The molecular formula is C12H17N3O3S3. The predicted octanol–water partition coefficient (Wildman–Crippen LogP) is 0.529. The molecule has 2 rings (SSSR count). The van der Waals surface area contributed by atoms with Gasteiger partial charge in [0, 0.05) is 20.1 Å². The first-order valence-electron chi connectivity index (χ1n) is 6.33. The molecule has 1 aliphatic heterocycles. The number of nitrogens with one attached hydrogen (secondary N) is 1. The number of nitrogens with zero attached hydrogens (tertiary/aromatic N) is 1. The zero-order valence-corrected chi connectivity index (χ0v) is 14.2. The third-order valence-electron chi connectivity index (χ3n) is 3.63. The Morgan fingerprint density at radius 2 is 2.19 bits per heavy atom. The van der Waals surface area contributed by atoms with Crippen LogP contribution in [0.2, 0.25) is 0 Å². The number of thiophene rings is 1. The molecule has 1 fully saturated rings. The van der Waals surface area contributed by atoms with E-state index in [2.05, 4.69) is 5.32 Å². The molecule has 9 heteroatoms. The van der Waals surface area contributed by atoms with Gasteiger partial charge in [0.2, 0.25) is 5.91 Å². The van der Waals surface area contributed by atoms with Crippen molar-refractivity contribution in [2.45, 2.75) is 17.6 Å². The first-order chi connectivity index (χ1) is 9.70. The van der Waals surface area contributed by atoms with Crippen LogP contribution >= 0.6 is 23.6 Å². The minimum absolute atomic E-state index is 0.143. The van der Waals surface area contributed by atoms with Crippen LogP contribution < -0.4 is 11.1 Å². The van der Waals surface area contributed by atoms with Crippen LogP contribution in [-0.2, 0) is 14.8 Å². The zero-order chi connectivity index (χ0) is 15.8. The lowest BCUT2D eigenvalue weighted by Gasteiger charge is -2.22. The van der Waals surface area contributed by atoms with Crippen LogP contribution in [0.15, 0.2) is 16.3 Å². The van der Waals surface area contributed by atoms with Crippen LogP contribution in [0.25, 0.3) is 0 Å². The summed E-state index contributed by atoms with van der Waals surface area (Å²) in [6, 6.07) is 3.11. The summed E-state index contributed by atoms with van der Waals surface area (Å²) in [6.07, 6.45) is 0.499. The van der Waals surface area contributed by atoms with Gasteiger partial charge in [-0.15, -0.1) is 11.3 Å². The van der Waals surface area contributed by atoms with Crippen LogP contribution in [0.3, 0.4) is 0 Å². The molecule has 2 heterocycles. The molecule has 1 saturated heterocycles. The van der Waals surface area contributed by atoms with Crippen molar-refractivity contribution in [3.63, 3.8) is 0 Å². The van der Waals surface area contributed by atoms with E-state index in [4.69, 9.17) is 18.0 Å². The highest BCUT2D eigenvalue weighted by molar-refractivity contribution is 7.91. The van der Waals surface area contributed by atoms with E-state index in [9.17, 15) is 13.2 Å². The lowest BCUT2D eigenvalue weighted by atomic mass is 9.89. The van der Waals surface area contributed by atoms with E-state index in [1.54, 1.807) is 20.0 Å². The maximum Gasteiger partial charge on any atom is 0.252 e. The molecule has 3 N–H and O–H groups in total. The largest absolute Gasteiger partial charge is 0.389 e. The summed E-state index contributed by atoms with van der Waals surface area (Å²) in [7, 11) is -2.05. The number of hydrogen-bond acceptors (Lipinski definition) is 5. The third-order valence-corrected chi connectivity index (χ3v) is 7.41. The quantitative estimate of drug-likeness (QED) is 0.775. The highest BCUT2D eigenvalue weighted by atomic mass is 32.2. The SMILES string of the molecule is CNC(=O)C1(C)CCN(S(=O)(=O)c2ccc(C(N)=S)s2)C1. The van der Waals surface area contributed by atoms with Gasteiger partial charge in [-0.3, -0.25) is 4.79 Å². The first kappa shape index (κ1) is 16.3. The second-order valence-electron chi connectivity index (χ2n) is 5.21. The van der Waals surface area contributed by atoms with Crippen molar-refractivity contribution in [2.24, 2.45) is 11.1 Å². The Morgan fingerprint density at radius 1 is 1.52 bits per heavy atom. The van der Waals surface area contributed by atoms with Crippen LogP contribution in [0, 0.1) is 5.41 Å². The topological polar surface area (TPSA) is 92.5 Å². The molecule has 0 aliphatic carbocycles. The molecule has 1 aromatic heterocycles. The Kier molecular flexibility index (Phi) is 4.39. The van der Waals surface area contributed by atoms with Crippen molar-refractivity contribution in [1.82, 2.24) is 9.62 Å². The maximum atomic E-state index is 12.6. The Balaban J connectivity index is 2.25. The molecule has 6 nitrogen and oxygen atoms in total. The lowest BCUT2D eigenvalue weighted by Crippen LogP contribution is -2.40. The summed E-state index contributed by atoms with van der Waals surface area (Å²) in [5.41, 5.74) is 4.82. The first-order valence-corrected chi connectivity index (χ1v) is 8.99. The minimum Gasteiger partial charge on any atom is -0.389 e. The molecule has 1 atom stereocenters. The normalized spacial score (nSPS) is 23.1. The highest BCUT2D eigenvalue weighted by Crippen LogP contribution is 2.35. The average Bonchev–Trinajstić information content (AvgIpc) is 3.05. The van der Waals surface area contributed by atoms with Crippen molar-refractivity contribution in [3.05, 3.63) is 17.0 Å². The molecule has 0 radical (unpaired) electrons. The van der Waals surface area contributed by atoms with Gasteiger partial charge in [-0.25, -0.2) is 8.42 Å². The predicted molar refractivity (Wildman–Crippen MR) is 85.8 cm³/mol. The van der Waals surface area contributed by atoms with E-state index in [-0.39, 0.29) is 21.6 Å². The van der Waals surface area contributed by atoms with Gasteiger partial charge in [0.05, 0.1) is 10.3 Å². The standard InChI is InChI=1S/C12H17N3O3S3/c1-12(11(16)14-2)5-6-15(7-12)21(17,18)9-4-3-8(20-9)10(13)19/h3-4H,5-7H2,1-2H3,(H2,13,19)(H,14,16). The Hall–Kier alpha value is -1.03. The molecular weight excluding hydrogens is 330 g/mol. The van der Waals surface area contributed by atoms with E-state index in [1.165, 1.54) is 10.4 Å². The van der Waals surface area contributed by atoms with Crippen molar-refractivity contribution in [3.8, 4) is 0 Å². The maximum absolute atomic E-state index is 12.6. The number of sulfonamides is 1. The minimum atomic E-state index is -3.61. The van der Waals surface area contributed by atoms with Crippen molar-refractivity contribution in [1.29, 1.82) is 0 Å². The van der Waals surface area contributed by atoms with Crippen LogP contribution in [0.4, 0.5) is 0 Å². The van der Waals surface area contributed by atoms with E-state index < -0.39 is 15.4 Å². The second-order valence-corrected chi connectivity index (χ2v) is 8.90. The third kappa shape index (κ3) is 2.96. The van der Waals surface area contributed by atoms with Crippen molar-refractivity contribution < 1.29 is 13.2 Å². The lowest BCUT2D eigenvalue weighted by molar-refractivity contribution is -0.128. The van der Waals surface area contributed by atoms with E-state index in [0.29, 0.717) is 17.8 Å². The van der Waals surface area contributed by atoms with Crippen LogP contribution in [0.5, 0.6) is 0 Å². The Labute approximate surface area is 133 Å². The fourth-order valence-corrected chi connectivity index (χ4v) is 5.40. The number of carbonyl (C=O) groups is 1. The average molecular weight is 347 g/mol. The van der Waals surface area contributed by atoms with E-state index in [1.807, 2.05) is 0 Å². The van der Waals surface area contributed by atoms with Crippen molar-refractivity contribution >= 4 is 44.5 Å². The van der Waals surface area contributed by atoms with E-state index >= 15 is 0 Å². The van der Waals surface area contributed by atoms with Gasteiger partial charge in [0.25, 0.3) is 10.0 Å². The molecule has 1 amide bonds. The Morgan fingerprint density at radius 3 is 2.71 bits per heavy atom. The summed E-state index contributed by atoms with van der Waals surface area (Å²) >= 11 is 5.90. The number of hydrogen-bond donors (Lipinski definition) is 2.